The topological polar surface area (TPSA) is 94.6 Å². The van der Waals surface area contributed by atoms with E-state index in [2.05, 4.69) is 45.8 Å². The van der Waals surface area contributed by atoms with Crippen molar-refractivity contribution in [2.45, 2.75) is 18.7 Å². The molecule has 0 bridgehead atoms. The van der Waals surface area contributed by atoms with Crippen LogP contribution >= 0.6 is 11.3 Å². The third-order valence-electron chi connectivity index (χ3n) is 6.71. The highest BCUT2D eigenvalue weighted by Gasteiger charge is 2.22. The van der Waals surface area contributed by atoms with Crippen LogP contribution in [0.4, 0.5) is 15.2 Å². The fourth-order valence-electron chi connectivity index (χ4n) is 4.67. The lowest BCUT2D eigenvalue weighted by molar-refractivity contribution is 0.0948. The Hall–Kier alpha value is -3.54. The van der Waals surface area contributed by atoms with E-state index in [9.17, 15) is 17.6 Å². The normalized spacial score (nSPS) is 14.5. The van der Waals surface area contributed by atoms with Crippen LogP contribution in [0.2, 0.25) is 0 Å². The van der Waals surface area contributed by atoms with Crippen LogP contribution in [0.5, 0.6) is 0 Å². The van der Waals surface area contributed by atoms with E-state index in [0.717, 1.165) is 49.0 Å². The van der Waals surface area contributed by atoms with Crippen LogP contribution in [-0.4, -0.2) is 63.5 Å². The SMILES string of the molecule is Cc1cc(C)c2nc(N3CCN(CCNC(=O)c4ccccc4NS(=O)(=O)c4ccc(F)cc4)CC3)sc2c1. The maximum atomic E-state index is 13.2. The largest absolute Gasteiger partial charge is 0.351 e. The van der Waals surface area contributed by atoms with E-state index in [1.807, 2.05) is 0 Å². The van der Waals surface area contributed by atoms with Gasteiger partial charge in [0.1, 0.15) is 5.82 Å². The summed E-state index contributed by atoms with van der Waals surface area (Å²) >= 11 is 1.73. The molecular weight excluding hydrogens is 537 g/mol. The molecule has 1 fully saturated rings. The van der Waals surface area contributed by atoms with Gasteiger partial charge in [-0.3, -0.25) is 14.4 Å². The van der Waals surface area contributed by atoms with Gasteiger partial charge < -0.3 is 10.2 Å². The number of aryl methyl sites for hydroxylation is 2. The number of nitrogens with one attached hydrogen (secondary N) is 2. The number of thiazole rings is 1. The van der Waals surface area contributed by atoms with E-state index in [0.29, 0.717) is 13.1 Å². The smallest absolute Gasteiger partial charge is 0.261 e. The number of amides is 1. The zero-order valence-electron chi connectivity index (χ0n) is 21.8. The van der Waals surface area contributed by atoms with Gasteiger partial charge in [-0.05, 0) is 67.4 Å². The molecule has 0 radical (unpaired) electrons. The summed E-state index contributed by atoms with van der Waals surface area (Å²) in [6.07, 6.45) is 0. The molecule has 2 heterocycles. The minimum Gasteiger partial charge on any atom is -0.351 e. The van der Waals surface area contributed by atoms with Crippen molar-refractivity contribution in [1.29, 1.82) is 0 Å². The predicted molar refractivity (Wildman–Crippen MR) is 154 cm³/mol. The molecule has 1 aliphatic heterocycles. The second-order valence-electron chi connectivity index (χ2n) is 9.61. The number of sulfonamides is 1. The predicted octanol–water partition coefficient (Wildman–Crippen LogP) is 4.41. The highest BCUT2D eigenvalue weighted by atomic mass is 32.2. The van der Waals surface area contributed by atoms with Gasteiger partial charge in [-0.15, -0.1) is 0 Å². The van der Waals surface area contributed by atoms with Gasteiger partial charge in [0.2, 0.25) is 0 Å². The maximum absolute atomic E-state index is 13.2. The lowest BCUT2D eigenvalue weighted by Gasteiger charge is -2.34. The number of para-hydroxylation sites is 1. The minimum absolute atomic E-state index is 0.0886. The van der Waals surface area contributed by atoms with Gasteiger partial charge in [-0.1, -0.05) is 29.5 Å². The van der Waals surface area contributed by atoms with Gasteiger partial charge in [0.15, 0.2) is 5.13 Å². The number of benzene rings is 3. The zero-order chi connectivity index (χ0) is 27.6. The molecule has 1 aromatic heterocycles. The van der Waals surface area contributed by atoms with Crippen molar-refractivity contribution in [2.24, 2.45) is 0 Å². The Morgan fingerprint density at radius 2 is 1.74 bits per heavy atom. The highest BCUT2D eigenvalue weighted by molar-refractivity contribution is 7.92. The Bertz CT molecular complexity index is 1600. The molecule has 204 valence electrons. The van der Waals surface area contributed by atoms with Crippen LogP contribution in [0.25, 0.3) is 10.2 Å². The maximum Gasteiger partial charge on any atom is 0.261 e. The molecule has 1 saturated heterocycles. The van der Waals surface area contributed by atoms with Crippen LogP contribution in [-0.2, 0) is 10.0 Å². The summed E-state index contributed by atoms with van der Waals surface area (Å²) in [5.41, 5.74) is 3.90. The van der Waals surface area contributed by atoms with Crippen molar-refractivity contribution in [3.8, 4) is 0 Å². The molecule has 1 amide bonds. The molecule has 0 aliphatic carbocycles. The number of nitrogens with zero attached hydrogens (tertiary/aromatic N) is 3. The summed E-state index contributed by atoms with van der Waals surface area (Å²) in [6, 6.07) is 15.3. The number of carbonyl (C=O) groups is 1. The standard InChI is InChI=1S/C28H30FN5O3S2/c1-19-17-20(2)26-25(18-19)38-28(31-26)34-15-13-33(14-16-34)12-11-30-27(35)23-5-3-4-6-24(23)32-39(36,37)22-9-7-21(29)8-10-22/h3-10,17-18,32H,11-16H2,1-2H3,(H,30,35). The first-order valence-electron chi connectivity index (χ1n) is 12.7. The summed E-state index contributed by atoms with van der Waals surface area (Å²) in [4.78, 5) is 22.3. The number of anilines is 2. The average molecular weight is 568 g/mol. The van der Waals surface area contributed by atoms with Crippen molar-refractivity contribution >= 4 is 48.3 Å². The van der Waals surface area contributed by atoms with Gasteiger partial charge in [0.25, 0.3) is 15.9 Å². The molecule has 0 saturated carbocycles. The zero-order valence-corrected chi connectivity index (χ0v) is 23.4. The van der Waals surface area contributed by atoms with Gasteiger partial charge in [-0.2, -0.15) is 0 Å². The van der Waals surface area contributed by atoms with E-state index in [1.165, 1.54) is 34.0 Å². The van der Waals surface area contributed by atoms with Gasteiger partial charge >= 0.3 is 0 Å². The molecular formula is C28H30FN5O3S2. The number of fused-ring (bicyclic) bond motifs is 1. The number of hydrogen-bond acceptors (Lipinski definition) is 7. The molecule has 2 N–H and O–H groups in total. The summed E-state index contributed by atoms with van der Waals surface area (Å²) in [7, 11) is -3.98. The van der Waals surface area contributed by atoms with Crippen molar-refractivity contribution in [1.82, 2.24) is 15.2 Å². The number of rotatable bonds is 8. The molecule has 5 rings (SSSR count). The first-order chi connectivity index (χ1) is 18.7. The number of hydrogen-bond donors (Lipinski definition) is 2. The van der Waals surface area contributed by atoms with Crippen molar-refractivity contribution < 1.29 is 17.6 Å². The van der Waals surface area contributed by atoms with E-state index in [1.54, 1.807) is 29.5 Å². The summed E-state index contributed by atoms with van der Waals surface area (Å²) in [5.74, 6) is -0.900. The van der Waals surface area contributed by atoms with Crippen LogP contribution in [0, 0.1) is 19.7 Å². The van der Waals surface area contributed by atoms with Crippen LogP contribution in [0.15, 0.2) is 65.6 Å². The Kier molecular flexibility index (Phi) is 7.83. The van der Waals surface area contributed by atoms with E-state index < -0.39 is 15.8 Å². The highest BCUT2D eigenvalue weighted by Crippen LogP contribution is 2.32. The number of aromatic nitrogens is 1. The molecule has 0 spiro atoms. The van der Waals surface area contributed by atoms with Crippen molar-refractivity contribution in [3.63, 3.8) is 0 Å². The molecule has 8 nitrogen and oxygen atoms in total. The van der Waals surface area contributed by atoms with Gasteiger partial charge in [-0.25, -0.2) is 17.8 Å². The molecule has 4 aromatic rings. The fourth-order valence-corrected chi connectivity index (χ4v) is 6.94. The molecule has 39 heavy (non-hydrogen) atoms. The minimum atomic E-state index is -3.98. The molecule has 11 heteroatoms. The van der Waals surface area contributed by atoms with E-state index in [-0.39, 0.29) is 22.1 Å². The molecule has 3 aromatic carbocycles. The Morgan fingerprint density at radius 3 is 2.49 bits per heavy atom. The third-order valence-corrected chi connectivity index (χ3v) is 9.16. The molecule has 0 unspecified atom stereocenters. The lowest BCUT2D eigenvalue weighted by Crippen LogP contribution is -2.48. The van der Waals surface area contributed by atoms with Crippen LogP contribution in [0.1, 0.15) is 21.5 Å². The van der Waals surface area contributed by atoms with Crippen molar-refractivity contribution in [3.05, 3.63) is 83.2 Å². The van der Waals surface area contributed by atoms with Crippen molar-refractivity contribution in [2.75, 3.05) is 48.9 Å². The number of piperazine rings is 1. The summed E-state index contributed by atoms with van der Waals surface area (Å²) in [5, 5.41) is 3.95. The molecule has 0 atom stereocenters. The van der Waals surface area contributed by atoms with Gasteiger partial charge in [0.05, 0.1) is 26.4 Å². The first kappa shape index (κ1) is 27.0. The Balaban J connectivity index is 1.14. The Labute approximate surface area is 231 Å². The monoisotopic (exact) mass is 567 g/mol. The first-order valence-corrected chi connectivity index (χ1v) is 15.0. The second-order valence-corrected chi connectivity index (χ2v) is 12.3. The third kappa shape index (κ3) is 6.21. The lowest BCUT2D eigenvalue weighted by atomic mass is 10.1. The second kappa shape index (κ2) is 11.3. The summed E-state index contributed by atoms with van der Waals surface area (Å²) in [6.45, 7) is 8.76. The van der Waals surface area contributed by atoms with E-state index >= 15 is 0 Å². The van der Waals surface area contributed by atoms with Crippen LogP contribution in [0.3, 0.4) is 0 Å². The fraction of sp³-hybridized carbons (Fsp3) is 0.286. The molecule has 1 aliphatic rings. The number of halogens is 1. The van der Waals surface area contributed by atoms with E-state index in [4.69, 9.17) is 4.98 Å². The van der Waals surface area contributed by atoms with Gasteiger partial charge in [0, 0.05) is 39.3 Å². The summed E-state index contributed by atoms with van der Waals surface area (Å²) < 4.78 is 42.4. The average Bonchev–Trinajstić information content (AvgIpc) is 3.34. The Morgan fingerprint density at radius 1 is 1.03 bits per heavy atom. The quantitative estimate of drug-likeness (QED) is 0.328. The van der Waals surface area contributed by atoms with Crippen LogP contribution < -0.4 is 14.9 Å². The number of carbonyl (C=O) groups excluding carboxylic acids is 1.